The molecule has 1 amide bonds. The molecule has 160 valence electrons. The molecule has 0 saturated carbocycles. The maximum atomic E-state index is 12.5. The number of pyridine rings is 1. The van der Waals surface area contributed by atoms with Crippen molar-refractivity contribution in [1.29, 1.82) is 0 Å². The normalized spacial score (nSPS) is 17.2. The molecule has 1 fully saturated rings. The molecule has 0 unspecified atom stereocenters. The van der Waals surface area contributed by atoms with Crippen LogP contribution in [-0.4, -0.2) is 43.9 Å². The third-order valence-electron chi connectivity index (χ3n) is 4.45. The topological polar surface area (TPSA) is 86.8 Å². The molecule has 0 radical (unpaired) electrons. The van der Waals surface area contributed by atoms with Gasteiger partial charge in [-0.05, 0) is 30.7 Å². The maximum absolute atomic E-state index is 12.5. The lowest BCUT2D eigenvalue weighted by Crippen LogP contribution is -2.32. The van der Waals surface area contributed by atoms with Crippen LogP contribution < -0.4 is 5.69 Å². The molecule has 4 heterocycles. The molecule has 1 aliphatic heterocycles. The fraction of sp³-hybridized carbons (Fsp3) is 0.591. The number of H-pyrrole nitrogens is 2. The minimum atomic E-state index is -0.136. The van der Waals surface area contributed by atoms with Crippen LogP contribution in [0.25, 0.3) is 22.1 Å². The molecule has 0 aromatic carbocycles. The number of likely N-dealkylation sites (tertiary alicyclic amines) is 1. The molecule has 7 heteroatoms. The molecule has 2 N–H and O–H groups in total. The smallest absolute Gasteiger partial charge is 0.326 e. The van der Waals surface area contributed by atoms with Crippen molar-refractivity contribution in [3.63, 3.8) is 0 Å². The maximum Gasteiger partial charge on any atom is 0.326 e. The molecular formula is C22H35N5O2. The van der Waals surface area contributed by atoms with Gasteiger partial charge in [0, 0.05) is 24.7 Å². The van der Waals surface area contributed by atoms with Gasteiger partial charge in [-0.1, -0.05) is 41.5 Å². The number of fused-ring (bicyclic) bond motifs is 3. The summed E-state index contributed by atoms with van der Waals surface area (Å²) in [6.45, 7) is 14.1. The third kappa shape index (κ3) is 5.71. The Balaban J connectivity index is 0.000000378. The van der Waals surface area contributed by atoms with Crippen molar-refractivity contribution in [3.8, 4) is 0 Å². The number of nitrogens with zero attached hydrogens (tertiary/aromatic N) is 3. The molecule has 1 aliphatic rings. The summed E-state index contributed by atoms with van der Waals surface area (Å²) in [5, 5.41) is 0.928. The van der Waals surface area contributed by atoms with Gasteiger partial charge in [-0.2, -0.15) is 0 Å². The summed E-state index contributed by atoms with van der Waals surface area (Å²) in [6, 6.07) is 1.93. The van der Waals surface area contributed by atoms with Gasteiger partial charge in [0.15, 0.2) is 0 Å². The van der Waals surface area contributed by atoms with Gasteiger partial charge in [0.05, 0.1) is 23.3 Å². The fourth-order valence-corrected chi connectivity index (χ4v) is 3.42. The van der Waals surface area contributed by atoms with Crippen LogP contribution in [0.3, 0.4) is 0 Å². The standard InChI is InChI=1S/C15H17N5O2.C5H12.C2H6/c21-9-19-6-2-1-3-10(8-19)20-13-11-4-5-16-14(11)17-7-12(13)18-15(20)22;1-5(2,3)4;1-2/h4-5,7,9-10H,1-3,6,8H2,(H,16,17)(H,18,22);1-4H3;1-2H3/t10-;;/m1../s1. The Bertz CT molecular complexity index is 971. The van der Waals surface area contributed by atoms with Crippen molar-refractivity contribution < 1.29 is 4.79 Å². The summed E-state index contributed by atoms with van der Waals surface area (Å²) in [4.78, 5) is 35.7. The number of aromatic nitrogens is 4. The highest BCUT2D eigenvalue weighted by Crippen LogP contribution is 2.27. The quantitative estimate of drug-likeness (QED) is 0.621. The lowest BCUT2D eigenvalue weighted by Gasteiger charge is -2.21. The largest absolute Gasteiger partial charge is 0.346 e. The summed E-state index contributed by atoms with van der Waals surface area (Å²) in [6.07, 6.45) is 7.27. The number of carbonyl (C=O) groups is 1. The van der Waals surface area contributed by atoms with Crippen LogP contribution >= 0.6 is 0 Å². The van der Waals surface area contributed by atoms with Crippen LogP contribution in [0.5, 0.6) is 0 Å². The van der Waals surface area contributed by atoms with Crippen molar-refractivity contribution in [1.82, 2.24) is 24.4 Å². The van der Waals surface area contributed by atoms with Crippen LogP contribution in [-0.2, 0) is 4.79 Å². The summed E-state index contributed by atoms with van der Waals surface area (Å²) >= 11 is 0. The van der Waals surface area contributed by atoms with E-state index in [9.17, 15) is 9.59 Å². The van der Waals surface area contributed by atoms with E-state index in [1.165, 1.54) is 0 Å². The van der Waals surface area contributed by atoms with Crippen molar-refractivity contribution >= 4 is 28.5 Å². The highest BCUT2D eigenvalue weighted by atomic mass is 16.1. The first-order valence-corrected chi connectivity index (χ1v) is 10.5. The fourth-order valence-electron chi connectivity index (χ4n) is 3.42. The number of amides is 1. The Morgan fingerprint density at radius 1 is 1.21 bits per heavy atom. The van der Waals surface area contributed by atoms with Gasteiger partial charge < -0.3 is 14.9 Å². The summed E-state index contributed by atoms with van der Waals surface area (Å²) < 4.78 is 1.80. The van der Waals surface area contributed by atoms with Gasteiger partial charge in [-0.3, -0.25) is 9.36 Å². The molecule has 0 aliphatic carbocycles. The minimum Gasteiger partial charge on any atom is -0.346 e. The predicted molar refractivity (Wildman–Crippen MR) is 119 cm³/mol. The Hall–Kier alpha value is -2.57. The lowest BCUT2D eigenvalue weighted by molar-refractivity contribution is -0.118. The predicted octanol–water partition coefficient (Wildman–Crippen LogP) is 4.47. The van der Waals surface area contributed by atoms with E-state index in [-0.39, 0.29) is 11.7 Å². The average Bonchev–Trinajstić information content (AvgIpc) is 3.18. The Labute approximate surface area is 172 Å². The van der Waals surface area contributed by atoms with Crippen LogP contribution in [0.15, 0.2) is 23.3 Å². The summed E-state index contributed by atoms with van der Waals surface area (Å²) in [5.41, 5.74) is 2.73. The van der Waals surface area contributed by atoms with Crippen molar-refractivity contribution in [3.05, 3.63) is 28.9 Å². The Morgan fingerprint density at radius 2 is 1.90 bits per heavy atom. The summed E-state index contributed by atoms with van der Waals surface area (Å²) in [7, 11) is 0. The zero-order valence-corrected chi connectivity index (χ0v) is 18.6. The Morgan fingerprint density at radius 3 is 2.55 bits per heavy atom. The molecule has 29 heavy (non-hydrogen) atoms. The summed E-state index contributed by atoms with van der Waals surface area (Å²) in [5.74, 6) is 0. The van der Waals surface area contributed by atoms with Crippen LogP contribution in [0.2, 0.25) is 0 Å². The van der Waals surface area contributed by atoms with Crippen molar-refractivity contribution in [2.45, 2.75) is 66.8 Å². The van der Waals surface area contributed by atoms with E-state index in [0.717, 1.165) is 54.3 Å². The molecule has 4 rings (SSSR count). The molecule has 0 bridgehead atoms. The zero-order chi connectivity index (χ0) is 21.6. The first-order chi connectivity index (χ1) is 13.8. The molecule has 1 saturated heterocycles. The van der Waals surface area contributed by atoms with Crippen LogP contribution in [0, 0.1) is 5.41 Å². The van der Waals surface area contributed by atoms with Gasteiger partial charge in [0.2, 0.25) is 6.41 Å². The number of aromatic amines is 2. The van der Waals surface area contributed by atoms with Gasteiger partial charge in [-0.15, -0.1) is 0 Å². The molecule has 7 nitrogen and oxygen atoms in total. The number of hydrogen-bond acceptors (Lipinski definition) is 3. The second-order valence-corrected chi connectivity index (χ2v) is 8.81. The van der Waals surface area contributed by atoms with Gasteiger partial charge in [0.1, 0.15) is 5.65 Å². The number of hydrogen-bond donors (Lipinski definition) is 2. The van der Waals surface area contributed by atoms with Gasteiger partial charge in [0.25, 0.3) is 0 Å². The van der Waals surface area contributed by atoms with E-state index in [4.69, 9.17) is 0 Å². The van der Waals surface area contributed by atoms with E-state index < -0.39 is 0 Å². The minimum absolute atomic E-state index is 0.00514. The SMILES string of the molecule is CC.CC(C)(C)C.O=CN1CCCC[C@@H](n2c(=O)[nH]c3cnc4[nH]ccc4c32)C1. The second kappa shape index (κ2) is 9.76. The van der Waals surface area contributed by atoms with Gasteiger partial charge >= 0.3 is 5.69 Å². The van der Waals surface area contributed by atoms with E-state index in [1.807, 2.05) is 26.1 Å². The lowest BCUT2D eigenvalue weighted by atomic mass is 10.0. The molecule has 0 spiro atoms. The van der Waals surface area contributed by atoms with Crippen LogP contribution in [0.4, 0.5) is 0 Å². The van der Waals surface area contributed by atoms with E-state index >= 15 is 0 Å². The monoisotopic (exact) mass is 401 g/mol. The van der Waals surface area contributed by atoms with E-state index in [1.54, 1.807) is 15.7 Å². The first kappa shape index (κ1) is 22.7. The molecule has 1 atom stereocenters. The number of rotatable bonds is 2. The first-order valence-electron chi connectivity index (χ1n) is 10.5. The Kier molecular flexibility index (Phi) is 7.65. The van der Waals surface area contributed by atoms with Crippen molar-refractivity contribution in [2.24, 2.45) is 5.41 Å². The highest BCUT2D eigenvalue weighted by molar-refractivity contribution is 6.00. The molecule has 3 aromatic rings. The third-order valence-corrected chi connectivity index (χ3v) is 4.45. The zero-order valence-electron chi connectivity index (χ0n) is 18.6. The van der Waals surface area contributed by atoms with Crippen LogP contribution in [0.1, 0.15) is 66.8 Å². The van der Waals surface area contributed by atoms with E-state index in [2.05, 4.69) is 42.6 Å². The molecule has 3 aromatic heterocycles. The molecular weight excluding hydrogens is 366 g/mol. The average molecular weight is 402 g/mol. The van der Waals surface area contributed by atoms with Gasteiger partial charge in [-0.25, -0.2) is 9.78 Å². The second-order valence-electron chi connectivity index (χ2n) is 8.81. The number of imidazole rings is 1. The highest BCUT2D eigenvalue weighted by Gasteiger charge is 2.23. The number of carbonyl (C=O) groups excluding carboxylic acids is 1. The van der Waals surface area contributed by atoms with E-state index in [0.29, 0.717) is 12.0 Å². The van der Waals surface area contributed by atoms with Crippen molar-refractivity contribution in [2.75, 3.05) is 13.1 Å². The number of nitrogens with one attached hydrogen (secondary N) is 2.